The number of carbonyl (C=O) groups excluding carboxylic acids is 3. The van der Waals surface area contributed by atoms with E-state index in [4.69, 9.17) is 14.0 Å². The molecule has 240 valence electrons. The molecule has 7 atom stereocenters. The molecule has 2 N–H and O–H groups in total. The third-order valence-electron chi connectivity index (χ3n) is 11.0. The van der Waals surface area contributed by atoms with Crippen molar-refractivity contribution < 1.29 is 28.4 Å². The number of hydrogen-bond acceptors (Lipinski definition) is 6. The van der Waals surface area contributed by atoms with Crippen LogP contribution in [0.25, 0.3) is 0 Å². The van der Waals surface area contributed by atoms with Crippen molar-refractivity contribution in [1.82, 2.24) is 15.5 Å². The summed E-state index contributed by atoms with van der Waals surface area (Å²) < 4.78 is 18.6. The maximum atomic E-state index is 14.0. The minimum absolute atomic E-state index is 0.0289. The molecule has 9 nitrogen and oxygen atoms in total. The van der Waals surface area contributed by atoms with E-state index in [9.17, 15) is 14.4 Å². The Hall–Kier alpha value is -3.37. The maximum absolute atomic E-state index is 14.0. The topological polar surface area (TPSA) is 106 Å². The minimum Gasteiger partial charge on any atom is -0.445 e. The lowest BCUT2D eigenvalue weighted by Crippen LogP contribution is -2.65. The summed E-state index contributed by atoms with van der Waals surface area (Å²) in [4.78, 5) is 42.3. The van der Waals surface area contributed by atoms with Gasteiger partial charge in [0.2, 0.25) is 11.8 Å². The first-order valence-electron chi connectivity index (χ1n) is 16.6. The highest BCUT2D eigenvalue weighted by Gasteiger charge is 2.68. The summed E-state index contributed by atoms with van der Waals surface area (Å²) in [6, 6.07) is 17.4. The summed E-state index contributed by atoms with van der Waals surface area (Å²) in [5.74, 6) is 0.237. The molecule has 7 rings (SSSR count). The van der Waals surface area contributed by atoms with Gasteiger partial charge in [0.15, 0.2) is 0 Å². The van der Waals surface area contributed by atoms with Crippen LogP contribution in [0, 0.1) is 17.3 Å². The molecule has 0 aromatic heterocycles. The SMILES string of the molecule is CCC(NC(=O)[C@@H]1CCCN1C(=O)[C@@H](Cc1ccccc1)NC(=O)OCc1ccccc1)B1O[C@@H]2C[C@@H]3C[C@@H](C3(C)C)[C@]2(C)O1. The molecule has 10 heteroatoms. The average Bonchev–Trinajstić information content (AvgIpc) is 3.67. The number of ether oxygens (including phenoxy) is 1. The van der Waals surface area contributed by atoms with Crippen molar-refractivity contribution in [2.45, 2.75) is 103 Å². The molecule has 5 aliphatic rings. The Labute approximate surface area is 266 Å². The second-order valence-corrected chi connectivity index (χ2v) is 14.0. The zero-order valence-corrected chi connectivity index (χ0v) is 26.9. The lowest BCUT2D eigenvalue weighted by Gasteiger charge is -2.64. The zero-order valence-electron chi connectivity index (χ0n) is 26.9. The molecule has 2 aromatic carbocycles. The quantitative estimate of drug-likeness (QED) is 0.377. The first kappa shape index (κ1) is 31.6. The van der Waals surface area contributed by atoms with Gasteiger partial charge in [0.05, 0.1) is 17.6 Å². The minimum atomic E-state index is -0.884. The lowest BCUT2D eigenvalue weighted by molar-refractivity contribution is -0.199. The van der Waals surface area contributed by atoms with Crippen LogP contribution in [0.4, 0.5) is 4.79 Å². The van der Waals surface area contributed by atoms with Crippen LogP contribution < -0.4 is 10.6 Å². The molecule has 2 bridgehead atoms. The van der Waals surface area contributed by atoms with E-state index in [0.29, 0.717) is 37.6 Å². The fourth-order valence-corrected chi connectivity index (χ4v) is 8.17. The van der Waals surface area contributed by atoms with E-state index >= 15 is 0 Å². The van der Waals surface area contributed by atoms with Crippen molar-refractivity contribution in [1.29, 1.82) is 0 Å². The molecule has 2 saturated heterocycles. The fraction of sp³-hybridized carbons (Fsp3) is 0.571. The van der Waals surface area contributed by atoms with Gasteiger partial charge in [-0.15, -0.1) is 0 Å². The molecule has 0 radical (unpaired) electrons. The molecule has 3 amide bonds. The van der Waals surface area contributed by atoms with Gasteiger partial charge in [-0.3, -0.25) is 9.59 Å². The van der Waals surface area contributed by atoms with E-state index < -0.39 is 25.3 Å². The van der Waals surface area contributed by atoms with Gasteiger partial charge >= 0.3 is 13.2 Å². The Morgan fingerprint density at radius 3 is 2.36 bits per heavy atom. The van der Waals surface area contributed by atoms with Gasteiger partial charge in [0, 0.05) is 13.0 Å². The normalized spacial score (nSPS) is 29.2. The second-order valence-electron chi connectivity index (χ2n) is 14.0. The summed E-state index contributed by atoms with van der Waals surface area (Å²) >= 11 is 0. The van der Waals surface area contributed by atoms with Gasteiger partial charge in [-0.2, -0.15) is 0 Å². The van der Waals surface area contributed by atoms with E-state index in [1.165, 1.54) is 0 Å². The van der Waals surface area contributed by atoms with Gasteiger partial charge in [0.25, 0.3) is 0 Å². The largest absolute Gasteiger partial charge is 0.481 e. The Balaban J connectivity index is 1.11. The number of amides is 3. The van der Waals surface area contributed by atoms with Crippen LogP contribution in [-0.4, -0.2) is 66.2 Å². The maximum Gasteiger partial charge on any atom is 0.481 e. The lowest BCUT2D eigenvalue weighted by atomic mass is 9.43. The van der Waals surface area contributed by atoms with Gasteiger partial charge < -0.3 is 29.6 Å². The smallest absolute Gasteiger partial charge is 0.445 e. The molecule has 1 unspecified atom stereocenters. The number of hydrogen-bond donors (Lipinski definition) is 2. The van der Waals surface area contributed by atoms with Crippen molar-refractivity contribution >= 4 is 25.0 Å². The molecule has 2 aliphatic heterocycles. The Bertz CT molecular complexity index is 1380. The number of nitrogens with zero attached hydrogens (tertiary/aromatic N) is 1. The summed E-state index contributed by atoms with van der Waals surface area (Å²) in [5.41, 5.74) is 1.63. The van der Waals surface area contributed by atoms with Crippen molar-refractivity contribution in [3.8, 4) is 0 Å². The van der Waals surface area contributed by atoms with Gasteiger partial charge in [-0.05, 0) is 67.4 Å². The zero-order chi connectivity index (χ0) is 31.8. The Kier molecular flexibility index (Phi) is 8.99. The van der Waals surface area contributed by atoms with Crippen LogP contribution in [0.1, 0.15) is 70.9 Å². The predicted octanol–water partition coefficient (Wildman–Crippen LogP) is 4.68. The molecule has 2 heterocycles. The summed E-state index contributed by atoms with van der Waals surface area (Å²) in [5, 5.41) is 5.98. The molecule has 0 spiro atoms. The average molecular weight is 616 g/mol. The van der Waals surface area contributed by atoms with E-state index in [0.717, 1.165) is 24.0 Å². The van der Waals surface area contributed by atoms with Gasteiger partial charge in [-0.25, -0.2) is 4.79 Å². The van der Waals surface area contributed by atoms with Crippen molar-refractivity contribution in [3.63, 3.8) is 0 Å². The number of alkyl carbamates (subject to hydrolysis) is 1. The highest BCUT2D eigenvalue weighted by Crippen LogP contribution is 2.65. The summed E-state index contributed by atoms with van der Waals surface area (Å²) in [6.45, 7) is 9.39. The second kappa shape index (κ2) is 12.8. The van der Waals surface area contributed by atoms with E-state index in [2.05, 4.69) is 31.4 Å². The van der Waals surface area contributed by atoms with Crippen LogP contribution in [0.3, 0.4) is 0 Å². The standard InChI is InChI=1S/C35H46BN3O6/c1-5-30(36-44-29-21-25-20-28(34(25,2)3)35(29,4)45-36)38-31(40)27-17-12-18-39(27)32(41)26(19-23-13-8-6-9-14-23)37-33(42)43-22-24-15-10-7-11-16-24/h6-11,13-16,25-30H,5,12,17-22H2,1-4H3,(H,37,42)(H,38,40)/t25-,26+,27-,28-,29+,30?,35-/m0/s1. The molecule has 3 aliphatic carbocycles. The van der Waals surface area contributed by atoms with Crippen molar-refractivity contribution in [2.75, 3.05) is 6.54 Å². The van der Waals surface area contributed by atoms with Crippen molar-refractivity contribution in [3.05, 3.63) is 71.8 Å². The van der Waals surface area contributed by atoms with E-state index in [1.54, 1.807) is 4.90 Å². The third kappa shape index (κ3) is 6.23. The number of benzene rings is 2. The van der Waals surface area contributed by atoms with E-state index in [-0.39, 0.29) is 47.9 Å². The Morgan fingerprint density at radius 2 is 1.69 bits per heavy atom. The molecular formula is C35H46BN3O6. The highest BCUT2D eigenvalue weighted by molar-refractivity contribution is 6.47. The van der Waals surface area contributed by atoms with Gasteiger partial charge in [-0.1, -0.05) is 81.4 Å². The number of carbonyl (C=O) groups is 3. The highest BCUT2D eigenvalue weighted by atomic mass is 16.7. The van der Waals surface area contributed by atoms with Crippen LogP contribution in [0.5, 0.6) is 0 Å². The molecule has 2 aromatic rings. The molecule has 45 heavy (non-hydrogen) atoms. The van der Waals surface area contributed by atoms with Gasteiger partial charge in [0.1, 0.15) is 18.7 Å². The predicted molar refractivity (Wildman–Crippen MR) is 171 cm³/mol. The summed E-state index contributed by atoms with van der Waals surface area (Å²) in [6.07, 6.45) is 3.67. The fourth-order valence-electron chi connectivity index (χ4n) is 8.17. The first-order valence-corrected chi connectivity index (χ1v) is 16.6. The number of nitrogens with one attached hydrogen (secondary N) is 2. The monoisotopic (exact) mass is 615 g/mol. The Morgan fingerprint density at radius 1 is 1.00 bits per heavy atom. The van der Waals surface area contributed by atoms with Crippen molar-refractivity contribution in [2.24, 2.45) is 17.3 Å². The summed E-state index contributed by atoms with van der Waals surface area (Å²) in [7, 11) is -0.526. The van der Waals surface area contributed by atoms with Crippen LogP contribution in [0.15, 0.2) is 60.7 Å². The molecule has 3 saturated carbocycles. The number of rotatable bonds is 10. The first-order chi connectivity index (χ1) is 21.6. The van der Waals surface area contributed by atoms with Crippen LogP contribution >= 0.6 is 0 Å². The molecular weight excluding hydrogens is 569 g/mol. The third-order valence-corrected chi connectivity index (χ3v) is 11.0. The molecule has 5 fully saturated rings. The van der Waals surface area contributed by atoms with E-state index in [1.807, 2.05) is 67.6 Å². The van der Waals surface area contributed by atoms with Crippen LogP contribution in [0.2, 0.25) is 0 Å². The number of likely N-dealkylation sites (tertiary alicyclic amines) is 1. The van der Waals surface area contributed by atoms with Crippen LogP contribution in [-0.2, 0) is 36.7 Å².